The molecule has 2 heterocycles. The predicted octanol–water partition coefficient (Wildman–Crippen LogP) is 4.05. The van der Waals surface area contributed by atoms with Crippen LogP contribution >= 0.6 is 0 Å². The van der Waals surface area contributed by atoms with Crippen molar-refractivity contribution in [2.75, 3.05) is 50.9 Å². The van der Waals surface area contributed by atoms with Crippen molar-refractivity contribution in [3.63, 3.8) is 0 Å². The molecule has 1 aliphatic heterocycles. The highest BCUT2D eigenvalue weighted by molar-refractivity contribution is 6.00. The number of rotatable bonds is 8. The number of methoxy groups -OCH3 is 3. The molecule has 184 valence electrons. The van der Waals surface area contributed by atoms with E-state index >= 15 is 0 Å². The molecule has 1 aromatic heterocycles. The van der Waals surface area contributed by atoms with Gasteiger partial charge in [0.25, 0.3) is 5.91 Å². The minimum Gasteiger partial charge on any atom is -0.493 e. The smallest absolute Gasteiger partial charge is 0.253 e. The third-order valence-corrected chi connectivity index (χ3v) is 5.86. The normalized spacial score (nSPS) is 13.3. The van der Waals surface area contributed by atoms with Crippen molar-refractivity contribution < 1.29 is 19.0 Å². The summed E-state index contributed by atoms with van der Waals surface area (Å²) in [5, 5.41) is 12.7. The topological polar surface area (TPSA) is 119 Å². The highest BCUT2D eigenvalue weighted by Gasteiger charge is 2.35. The highest BCUT2D eigenvalue weighted by atomic mass is 16.5. The van der Waals surface area contributed by atoms with Crippen LogP contribution in [0.2, 0.25) is 0 Å². The van der Waals surface area contributed by atoms with Crippen LogP contribution in [0.5, 0.6) is 17.2 Å². The molecule has 0 unspecified atom stereocenters. The number of anilines is 5. The van der Waals surface area contributed by atoms with Gasteiger partial charge in [0.05, 0.1) is 32.6 Å². The maximum Gasteiger partial charge on any atom is 0.253 e. The molecule has 0 aliphatic carbocycles. The van der Waals surface area contributed by atoms with Crippen molar-refractivity contribution in [1.29, 1.82) is 0 Å². The molecule has 0 bridgehead atoms. The van der Waals surface area contributed by atoms with Gasteiger partial charge in [0.2, 0.25) is 11.7 Å². The Bertz CT molecular complexity index is 1240. The molecular weight excluding hydrogens is 448 g/mol. The second-order valence-corrected chi connectivity index (χ2v) is 8.65. The van der Waals surface area contributed by atoms with Crippen LogP contribution in [0.25, 0.3) is 0 Å². The number of nitrogens with zero attached hydrogens (tertiary/aromatic N) is 2. The lowest BCUT2D eigenvalue weighted by Gasteiger charge is -2.21. The van der Waals surface area contributed by atoms with E-state index in [9.17, 15) is 4.79 Å². The van der Waals surface area contributed by atoms with Gasteiger partial charge in [0, 0.05) is 42.4 Å². The maximum absolute atomic E-state index is 12.4. The summed E-state index contributed by atoms with van der Waals surface area (Å²) < 4.78 is 16.3. The van der Waals surface area contributed by atoms with E-state index in [1.807, 2.05) is 18.2 Å². The lowest BCUT2D eigenvalue weighted by molar-refractivity contribution is 0.0964. The maximum atomic E-state index is 12.4. The van der Waals surface area contributed by atoms with Crippen LogP contribution in [-0.4, -0.2) is 50.8 Å². The van der Waals surface area contributed by atoms with E-state index in [1.54, 1.807) is 46.6 Å². The number of fused-ring (bicyclic) bond motifs is 1. The Kier molecular flexibility index (Phi) is 6.54. The van der Waals surface area contributed by atoms with Gasteiger partial charge in [0.1, 0.15) is 11.6 Å². The standard InChI is InChI=1S/C25H30N6O4/c1-25(2)13-27-21-19(25)22(29-16-10-8-7-9-15(16)23(32)26-3)31-24(30-21)28-14-11-17(33-4)20(35-6)18(12-14)34-5/h7-12H,13H2,1-6H3,(H,26,32)(H3,27,28,29,30,31). The first kappa shape index (κ1) is 23.9. The Morgan fingerprint density at radius 3 is 2.31 bits per heavy atom. The van der Waals surface area contributed by atoms with Gasteiger partial charge in [0.15, 0.2) is 11.5 Å². The number of nitrogens with one attached hydrogen (secondary N) is 4. The average molecular weight is 479 g/mol. The Morgan fingerprint density at radius 1 is 1.00 bits per heavy atom. The molecule has 0 saturated carbocycles. The number of ether oxygens (including phenoxy) is 3. The fourth-order valence-electron chi connectivity index (χ4n) is 4.10. The molecule has 10 heteroatoms. The quantitative estimate of drug-likeness (QED) is 0.380. The van der Waals surface area contributed by atoms with Gasteiger partial charge < -0.3 is 35.5 Å². The average Bonchev–Trinajstić information content (AvgIpc) is 3.17. The molecule has 35 heavy (non-hydrogen) atoms. The lowest BCUT2D eigenvalue weighted by atomic mass is 9.88. The van der Waals surface area contributed by atoms with Crippen LogP contribution in [0.3, 0.4) is 0 Å². The van der Waals surface area contributed by atoms with E-state index in [2.05, 4.69) is 35.1 Å². The number of amides is 1. The van der Waals surface area contributed by atoms with Crippen LogP contribution in [0.15, 0.2) is 36.4 Å². The molecule has 4 rings (SSSR count). The van der Waals surface area contributed by atoms with E-state index in [4.69, 9.17) is 24.2 Å². The second-order valence-electron chi connectivity index (χ2n) is 8.65. The van der Waals surface area contributed by atoms with Gasteiger partial charge in [-0.3, -0.25) is 4.79 Å². The zero-order chi connectivity index (χ0) is 25.2. The summed E-state index contributed by atoms with van der Waals surface area (Å²) in [6, 6.07) is 10.9. The van der Waals surface area contributed by atoms with Crippen molar-refractivity contribution >= 4 is 34.9 Å². The number of carbonyl (C=O) groups is 1. The number of hydrogen-bond donors (Lipinski definition) is 4. The van der Waals surface area contributed by atoms with Crippen LogP contribution in [-0.2, 0) is 5.41 Å². The predicted molar refractivity (Wildman–Crippen MR) is 136 cm³/mol. The van der Waals surface area contributed by atoms with Crippen molar-refractivity contribution in [2.45, 2.75) is 19.3 Å². The number of benzene rings is 2. The van der Waals surface area contributed by atoms with E-state index in [-0.39, 0.29) is 11.3 Å². The minimum absolute atomic E-state index is 0.188. The van der Waals surface area contributed by atoms with Crippen molar-refractivity contribution in [2.24, 2.45) is 0 Å². The summed E-state index contributed by atoms with van der Waals surface area (Å²) in [6.45, 7) is 4.95. The van der Waals surface area contributed by atoms with E-state index in [0.29, 0.717) is 52.5 Å². The van der Waals surface area contributed by atoms with Crippen LogP contribution in [0.4, 0.5) is 29.0 Å². The number of carbonyl (C=O) groups excluding carboxylic acids is 1. The molecular formula is C25H30N6O4. The zero-order valence-electron chi connectivity index (χ0n) is 20.7. The SMILES string of the molecule is CNC(=O)c1ccccc1Nc1nc(Nc2cc(OC)c(OC)c(OC)c2)nc2c1C(C)(C)CN2. The number of para-hydroxylation sites is 1. The molecule has 0 spiro atoms. The summed E-state index contributed by atoms with van der Waals surface area (Å²) in [5.41, 5.74) is 2.55. The minimum atomic E-state index is -0.218. The Hall–Kier alpha value is -4.21. The molecule has 1 amide bonds. The molecule has 0 atom stereocenters. The lowest BCUT2D eigenvalue weighted by Crippen LogP contribution is -2.22. The monoisotopic (exact) mass is 478 g/mol. The molecule has 3 aromatic rings. The fourth-order valence-corrected chi connectivity index (χ4v) is 4.10. The van der Waals surface area contributed by atoms with E-state index < -0.39 is 0 Å². The van der Waals surface area contributed by atoms with Crippen LogP contribution in [0, 0.1) is 0 Å². The Balaban J connectivity index is 1.77. The summed E-state index contributed by atoms with van der Waals surface area (Å²) in [4.78, 5) is 21.9. The Labute approximate surface area is 204 Å². The van der Waals surface area contributed by atoms with E-state index in [0.717, 1.165) is 11.4 Å². The van der Waals surface area contributed by atoms with Gasteiger partial charge in [-0.15, -0.1) is 0 Å². The van der Waals surface area contributed by atoms with Crippen molar-refractivity contribution in [3.8, 4) is 17.2 Å². The summed E-state index contributed by atoms with van der Waals surface area (Å²) in [6.07, 6.45) is 0. The fraction of sp³-hybridized carbons (Fsp3) is 0.320. The molecule has 10 nitrogen and oxygen atoms in total. The number of aromatic nitrogens is 2. The number of hydrogen-bond acceptors (Lipinski definition) is 9. The first-order chi connectivity index (χ1) is 16.8. The van der Waals surface area contributed by atoms with Gasteiger partial charge >= 0.3 is 0 Å². The zero-order valence-corrected chi connectivity index (χ0v) is 20.7. The van der Waals surface area contributed by atoms with Crippen molar-refractivity contribution in [3.05, 3.63) is 47.5 Å². The van der Waals surface area contributed by atoms with Crippen LogP contribution < -0.4 is 35.5 Å². The summed E-state index contributed by atoms with van der Waals surface area (Å²) in [7, 11) is 6.28. The molecule has 0 saturated heterocycles. The second kappa shape index (κ2) is 9.57. The van der Waals surface area contributed by atoms with E-state index in [1.165, 1.54) is 0 Å². The van der Waals surface area contributed by atoms with Gasteiger partial charge in [-0.05, 0) is 12.1 Å². The molecule has 0 radical (unpaired) electrons. The highest BCUT2D eigenvalue weighted by Crippen LogP contribution is 2.43. The first-order valence-corrected chi connectivity index (χ1v) is 11.1. The van der Waals surface area contributed by atoms with Gasteiger partial charge in [-0.25, -0.2) is 0 Å². The molecule has 1 aliphatic rings. The summed E-state index contributed by atoms with van der Waals surface area (Å²) >= 11 is 0. The third-order valence-electron chi connectivity index (χ3n) is 5.86. The third kappa shape index (κ3) is 4.59. The largest absolute Gasteiger partial charge is 0.493 e. The van der Waals surface area contributed by atoms with Crippen LogP contribution in [0.1, 0.15) is 29.8 Å². The van der Waals surface area contributed by atoms with Gasteiger partial charge in [-0.1, -0.05) is 26.0 Å². The molecule has 2 aromatic carbocycles. The molecule has 4 N–H and O–H groups in total. The molecule has 0 fully saturated rings. The van der Waals surface area contributed by atoms with Gasteiger partial charge in [-0.2, -0.15) is 9.97 Å². The summed E-state index contributed by atoms with van der Waals surface area (Å²) in [5.74, 6) is 3.01. The Morgan fingerprint density at radius 2 is 1.69 bits per heavy atom. The van der Waals surface area contributed by atoms with Crippen molar-refractivity contribution in [1.82, 2.24) is 15.3 Å². The first-order valence-electron chi connectivity index (χ1n) is 11.1.